The highest BCUT2D eigenvalue weighted by Gasteiger charge is 2.29. The highest BCUT2D eigenvalue weighted by molar-refractivity contribution is 5.10. The number of ether oxygens (including phenoxy) is 1. The van der Waals surface area contributed by atoms with Gasteiger partial charge in [0.2, 0.25) is 0 Å². The van der Waals surface area contributed by atoms with Crippen molar-refractivity contribution in [1.82, 2.24) is 9.55 Å². The maximum absolute atomic E-state index is 13.5. The van der Waals surface area contributed by atoms with Crippen LogP contribution in [0.1, 0.15) is 11.8 Å². The van der Waals surface area contributed by atoms with Crippen LogP contribution in [-0.2, 0) is 4.74 Å². The number of hydrogen-bond acceptors (Lipinski definition) is 4. The van der Waals surface area contributed by atoms with Crippen molar-refractivity contribution in [2.45, 2.75) is 19.3 Å². The number of aliphatic hydroxyl groups excluding tert-OH is 1. The van der Waals surface area contributed by atoms with Gasteiger partial charge in [0.25, 0.3) is 5.56 Å². The van der Waals surface area contributed by atoms with Crippen LogP contribution < -0.4 is 11.2 Å². The zero-order chi connectivity index (χ0) is 12.6. The van der Waals surface area contributed by atoms with E-state index in [9.17, 15) is 14.0 Å². The van der Waals surface area contributed by atoms with Gasteiger partial charge < -0.3 is 9.84 Å². The Hall–Kier alpha value is -1.73. The summed E-state index contributed by atoms with van der Waals surface area (Å²) in [6, 6.07) is 0. The zero-order valence-corrected chi connectivity index (χ0v) is 9.01. The molecule has 2 atom stereocenters. The van der Waals surface area contributed by atoms with Crippen LogP contribution in [-0.4, -0.2) is 27.4 Å². The van der Waals surface area contributed by atoms with E-state index < -0.39 is 29.4 Å². The van der Waals surface area contributed by atoms with Crippen LogP contribution in [0.25, 0.3) is 0 Å². The summed E-state index contributed by atoms with van der Waals surface area (Å²) in [7, 11) is 0. The van der Waals surface area contributed by atoms with Crippen molar-refractivity contribution in [3.8, 4) is 0 Å². The number of hydrogen-bond donors (Lipinski definition) is 2. The molecule has 1 aliphatic heterocycles. The average Bonchev–Trinajstić information content (AvgIpc) is 2.65. The second-order valence-electron chi connectivity index (χ2n) is 3.74. The van der Waals surface area contributed by atoms with Gasteiger partial charge in [0, 0.05) is 11.8 Å². The number of rotatable bonds is 2. The zero-order valence-electron chi connectivity index (χ0n) is 9.01. The smallest absolute Gasteiger partial charge is 0.330 e. The first kappa shape index (κ1) is 11.7. The molecule has 0 amide bonds. The molecular weight excluding hydrogens is 231 g/mol. The molecule has 1 aromatic heterocycles. The summed E-state index contributed by atoms with van der Waals surface area (Å²) in [5.41, 5.74) is -1.01. The van der Waals surface area contributed by atoms with Gasteiger partial charge in [0.15, 0.2) is 6.23 Å². The Labute approximate surface area is 95.0 Å². The molecule has 92 valence electrons. The fraction of sp³-hybridized carbons (Fsp3) is 0.400. The van der Waals surface area contributed by atoms with Crippen LogP contribution in [0.4, 0.5) is 4.39 Å². The molecule has 0 bridgehead atoms. The first-order valence-electron chi connectivity index (χ1n) is 4.98. The van der Waals surface area contributed by atoms with E-state index in [1.807, 2.05) is 0 Å². The lowest BCUT2D eigenvalue weighted by Gasteiger charge is -2.15. The monoisotopic (exact) mass is 242 g/mol. The fourth-order valence-electron chi connectivity index (χ4n) is 1.58. The highest BCUT2D eigenvalue weighted by Crippen LogP contribution is 2.28. The van der Waals surface area contributed by atoms with Crippen molar-refractivity contribution in [3.63, 3.8) is 0 Å². The van der Waals surface area contributed by atoms with Crippen LogP contribution in [0.15, 0.2) is 27.7 Å². The third-order valence-electron chi connectivity index (χ3n) is 2.46. The van der Waals surface area contributed by atoms with Crippen molar-refractivity contribution in [1.29, 1.82) is 0 Å². The van der Waals surface area contributed by atoms with E-state index in [2.05, 4.69) is 4.98 Å². The normalized spacial score (nSPS) is 23.8. The van der Waals surface area contributed by atoms with Crippen molar-refractivity contribution in [2.24, 2.45) is 0 Å². The number of H-pyrrole nitrogens is 1. The largest absolute Gasteiger partial charge is 0.393 e. The topological polar surface area (TPSA) is 84.3 Å². The molecule has 2 N–H and O–H groups in total. The third-order valence-corrected chi connectivity index (χ3v) is 2.46. The number of nitrogens with one attached hydrogen (secondary N) is 1. The number of aromatic amines is 1. The highest BCUT2D eigenvalue weighted by atomic mass is 19.1. The number of nitrogens with zero attached hydrogens (tertiary/aromatic N) is 1. The lowest BCUT2D eigenvalue weighted by Crippen LogP contribution is -2.34. The van der Waals surface area contributed by atoms with E-state index in [-0.39, 0.29) is 12.2 Å². The molecule has 0 saturated heterocycles. The summed E-state index contributed by atoms with van der Waals surface area (Å²) in [5, 5.41) is 8.84. The summed E-state index contributed by atoms with van der Waals surface area (Å²) >= 11 is 0. The second-order valence-corrected chi connectivity index (χ2v) is 3.74. The molecule has 0 aromatic carbocycles. The van der Waals surface area contributed by atoms with Crippen molar-refractivity contribution < 1.29 is 14.2 Å². The molecule has 1 aliphatic rings. The Morgan fingerprint density at radius 3 is 2.88 bits per heavy atom. The lowest BCUT2D eigenvalue weighted by molar-refractivity contribution is -0.0215. The van der Waals surface area contributed by atoms with Crippen LogP contribution in [0.5, 0.6) is 0 Å². The first-order chi connectivity index (χ1) is 8.02. The molecule has 0 fully saturated rings. The minimum Gasteiger partial charge on any atom is -0.393 e. The van der Waals surface area contributed by atoms with E-state index >= 15 is 0 Å². The Balaban J connectivity index is 2.43. The van der Waals surface area contributed by atoms with E-state index in [1.54, 1.807) is 0 Å². The third kappa shape index (κ3) is 2.06. The molecule has 0 unspecified atom stereocenters. The van der Waals surface area contributed by atoms with Crippen LogP contribution in [0, 0.1) is 6.92 Å². The van der Waals surface area contributed by atoms with Crippen molar-refractivity contribution in [3.05, 3.63) is 44.5 Å². The summed E-state index contributed by atoms with van der Waals surface area (Å²) in [6.07, 6.45) is 0.311. The standard InChI is InChI=1S/C10H11FN2O4/c1-5-3-13(10(16)12-8(5)15)9-7(11)2-6(4-14)17-9/h2-3,6,9,14H,4H2,1H3,(H,12,15,16)/t6-,9-/m0/s1. The molecule has 2 heterocycles. The van der Waals surface area contributed by atoms with Crippen LogP contribution in [0.3, 0.4) is 0 Å². The maximum Gasteiger partial charge on any atom is 0.330 e. The molecule has 0 spiro atoms. The first-order valence-corrected chi connectivity index (χ1v) is 4.98. The molecule has 0 aliphatic carbocycles. The summed E-state index contributed by atoms with van der Waals surface area (Å²) in [4.78, 5) is 24.7. The van der Waals surface area contributed by atoms with Gasteiger partial charge in [-0.2, -0.15) is 0 Å². The Morgan fingerprint density at radius 1 is 1.59 bits per heavy atom. The van der Waals surface area contributed by atoms with Gasteiger partial charge in [-0.3, -0.25) is 14.3 Å². The Bertz CT molecular complexity index is 574. The average molecular weight is 242 g/mol. The quantitative estimate of drug-likeness (QED) is 0.738. The molecule has 17 heavy (non-hydrogen) atoms. The van der Waals surface area contributed by atoms with E-state index in [4.69, 9.17) is 9.84 Å². The van der Waals surface area contributed by atoms with E-state index in [0.29, 0.717) is 0 Å². The van der Waals surface area contributed by atoms with Gasteiger partial charge in [-0.15, -0.1) is 0 Å². The second kappa shape index (κ2) is 4.27. The number of aliphatic hydroxyl groups is 1. The molecule has 7 heteroatoms. The minimum absolute atomic E-state index is 0.272. The van der Waals surface area contributed by atoms with Gasteiger partial charge in [-0.05, 0) is 13.0 Å². The molecule has 1 aromatic rings. The number of aromatic nitrogens is 2. The van der Waals surface area contributed by atoms with Crippen LogP contribution >= 0.6 is 0 Å². The summed E-state index contributed by atoms with van der Waals surface area (Å²) in [6.45, 7) is 1.12. The van der Waals surface area contributed by atoms with Gasteiger partial charge in [-0.25, -0.2) is 9.18 Å². The van der Waals surface area contributed by atoms with E-state index in [0.717, 1.165) is 10.6 Å². The number of halogens is 1. The van der Waals surface area contributed by atoms with Gasteiger partial charge >= 0.3 is 5.69 Å². The predicted octanol–water partition coefficient (Wildman–Crippen LogP) is -0.412. The fourth-order valence-corrected chi connectivity index (χ4v) is 1.58. The molecule has 0 saturated carbocycles. The summed E-state index contributed by atoms with van der Waals surface area (Å²) < 4.78 is 19.5. The minimum atomic E-state index is -1.23. The SMILES string of the molecule is Cc1cn([C@H]2O[C@H](CO)C=C2F)c(=O)[nH]c1=O. The van der Waals surface area contributed by atoms with Crippen molar-refractivity contribution in [2.75, 3.05) is 6.61 Å². The predicted molar refractivity (Wildman–Crippen MR) is 56.2 cm³/mol. The van der Waals surface area contributed by atoms with Gasteiger partial charge in [-0.1, -0.05) is 0 Å². The lowest BCUT2D eigenvalue weighted by atomic mass is 10.3. The Kier molecular flexibility index (Phi) is 2.95. The molecule has 2 rings (SSSR count). The van der Waals surface area contributed by atoms with E-state index in [1.165, 1.54) is 13.1 Å². The van der Waals surface area contributed by atoms with Crippen molar-refractivity contribution >= 4 is 0 Å². The van der Waals surface area contributed by atoms with Gasteiger partial charge in [0.05, 0.1) is 6.61 Å². The maximum atomic E-state index is 13.5. The number of aryl methyl sites for hydroxylation is 1. The molecule has 0 radical (unpaired) electrons. The Morgan fingerprint density at radius 2 is 2.29 bits per heavy atom. The van der Waals surface area contributed by atoms with Gasteiger partial charge in [0.1, 0.15) is 11.9 Å². The molecular formula is C10H11FN2O4. The van der Waals surface area contributed by atoms with Crippen LogP contribution in [0.2, 0.25) is 0 Å². The summed E-state index contributed by atoms with van der Waals surface area (Å²) in [5.74, 6) is -0.669. The molecule has 6 nitrogen and oxygen atoms in total.